The third-order valence-electron chi connectivity index (χ3n) is 4.88. The fraction of sp³-hybridized carbons (Fsp3) is 0.217. The number of likely N-dealkylation sites (N-methyl/N-ethyl adjacent to an activating group) is 1. The topological polar surface area (TPSA) is 93.4 Å². The summed E-state index contributed by atoms with van der Waals surface area (Å²) < 4.78 is 21.4. The van der Waals surface area contributed by atoms with E-state index in [0.29, 0.717) is 41.3 Å². The van der Waals surface area contributed by atoms with Crippen LogP contribution in [0.1, 0.15) is 22.8 Å². The highest BCUT2D eigenvalue weighted by atomic mass is 19.1. The standard InChI is InChI=1S/C23H23FN6O2/c1-15(9-25-2)32-23-17(8-19(24)12-27-23)10-26-21-20(16-6-4-3-5-7-16)13-30-22(29-21)18(14-31)11-28-30/h3-8,11-15,25H,9-10H2,1-2H3,(H,26,29)/t15-/m0/s1. The van der Waals surface area contributed by atoms with Crippen LogP contribution < -0.4 is 15.4 Å². The van der Waals surface area contributed by atoms with Gasteiger partial charge in [-0.05, 0) is 25.6 Å². The number of nitrogens with one attached hydrogen (secondary N) is 2. The first-order valence-corrected chi connectivity index (χ1v) is 10.2. The van der Waals surface area contributed by atoms with Crippen molar-refractivity contribution in [2.45, 2.75) is 19.6 Å². The number of aldehydes is 1. The number of hydrogen-bond donors (Lipinski definition) is 2. The molecule has 0 spiro atoms. The molecule has 0 radical (unpaired) electrons. The molecule has 0 bridgehead atoms. The molecule has 8 nitrogen and oxygen atoms in total. The number of benzene rings is 1. The largest absolute Gasteiger partial charge is 0.473 e. The van der Waals surface area contributed by atoms with Crippen molar-refractivity contribution < 1.29 is 13.9 Å². The number of rotatable bonds is 9. The number of fused-ring (bicyclic) bond motifs is 1. The predicted molar refractivity (Wildman–Crippen MR) is 119 cm³/mol. The van der Waals surface area contributed by atoms with Gasteiger partial charge in [-0.25, -0.2) is 18.9 Å². The number of carbonyl (C=O) groups is 1. The van der Waals surface area contributed by atoms with E-state index in [4.69, 9.17) is 4.74 Å². The molecular formula is C23H23FN6O2. The zero-order valence-electron chi connectivity index (χ0n) is 17.7. The van der Waals surface area contributed by atoms with Crippen molar-refractivity contribution in [1.82, 2.24) is 24.9 Å². The smallest absolute Gasteiger partial charge is 0.218 e. The first-order chi connectivity index (χ1) is 15.6. The minimum absolute atomic E-state index is 0.145. The number of halogens is 1. The van der Waals surface area contributed by atoms with Crippen LogP contribution in [0, 0.1) is 5.82 Å². The van der Waals surface area contributed by atoms with Crippen molar-refractivity contribution in [1.29, 1.82) is 0 Å². The number of hydrogen-bond acceptors (Lipinski definition) is 7. The Bertz CT molecular complexity index is 1230. The molecule has 4 aromatic rings. The molecule has 3 aromatic heterocycles. The highest BCUT2D eigenvalue weighted by Gasteiger charge is 2.15. The molecule has 164 valence electrons. The Morgan fingerprint density at radius 2 is 2.06 bits per heavy atom. The number of aromatic nitrogens is 4. The number of ether oxygens (including phenoxy) is 1. The summed E-state index contributed by atoms with van der Waals surface area (Å²) in [6.07, 6.45) is 4.98. The van der Waals surface area contributed by atoms with Crippen molar-refractivity contribution in [3.63, 3.8) is 0 Å². The van der Waals surface area contributed by atoms with E-state index in [-0.39, 0.29) is 12.6 Å². The highest BCUT2D eigenvalue weighted by Crippen LogP contribution is 2.28. The number of carbonyl (C=O) groups excluding carboxylic acids is 1. The van der Waals surface area contributed by atoms with E-state index in [1.54, 1.807) is 4.52 Å². The second-order valence-corrected chi connectivity index (χ2v) is 7.31. The molecule has 2 N–H and O–H groups in total. The van der Waals surface area contributed by atoms with Crippen molar-refractivity contribution in [2.75, 3.05) is 18.9 Å². The third kappa shape index (κ3) is 4.57. The molecule has 0 saturated heterocycles. The Morgan fingerprint density at radius 1 is 1.25 bits per heavy atom. The van der Waals surface area contributed by atoms with Gasteiger partial charge in [0.25, 0.3) is 0 Å². The molecule has 0 aliphatic rings. The Balaban J connectivity index is 1.70. The Kier molecular flexibility index (Phi) is 6.37. The number of nitrogens with zero attached hydrogens (tertiary/aromatic N) is 4. The number of pyridine rings is 1. The van der Waals surface area contributed by atoms with Gasteiger partial charge in [-0.15, -0.1) is 0 Å². The van der Waals surface area contributed by atoms with Gasteiger partial charge in [0.2, 0.25) is 5.88 Å². The summed E-state index contributed by atoms with van der Waals surface area (Å²) in [6.45, 7) is 2.75. The summed E-state index contributed by atoms with van der Waals surface area (Å²) >= 11 is 0. The molecule has 3 heterocycles. The van der Waals surface area contributed by atoms with Crippen LogP contribution in [0.25, 0.3) is 16.8 Å². The molecule has 1 aromatic carbocycles. The summed E-state index contributed by atoms with van der Waals surface area (Å²) in [5.74, 6) is 0.425. The van der Waals surface area contributed by atoms with Gasteiger partial charge in [-0.1, -0.05) is 30.3 Å². The molecule has 0 aliphatic heterocycles. The van der Waals surface area contributed by atoms with E-state index in [1.165, 1.54) is 12.3 Å². The van der Waals surface area contributed by atoms with Crippen molar-refractivity contribution in [3.05, 3.63) is 71.9 Å². The lowest BCUT2D eigenvalue weighted by molar-refractivity contribution is 0.112. The summed E-state index contributed by atoms with van der Waals surface area (Å²) in [7, 11) is 1.83. The maximum absolute atomic E-state index is 13.9. The lowest BCUT2D eigenvalue weighted by Crippen LogP contribution is -2.27. The molecule has 4 rings (SSSR count). The van der Waals surface area contributed by atoms with Crippen LogP contribution in [0.2, 0.25) is 0 Å². The second kappa shape index (κ2) is 9.52. The molecule has 0 fully saturated rings. The molecular weight excluding hydrogens is 411 g/mol. The molecule has 0 aliphatic carbocycles. The first-order valence-electron chi connectivity index (χ1n) is 10.2. The quantitative estimate of drug-likeness (QED) is 0.390. The Morgan fingerprint density at radius 3 is 2.81 bits per heavy atom. The van der Waals surface area contributed by atoms with Crippen molar-refractivity contribution in [3.8, 4) is 17.0 Å². The minimum Gasteiger partial charge on any atom is -0.473 e. The fourth-order valence-corrected chi connectivity index (χ4v) is 3.38. The van der Waals surface area contributed by atoms with Crippen LogP contribution in [-0.4, -0.2) is 45.6 Å². The first kappa shape index (κ1) is 21.4. The van der Waals surface area contributed by atoms with Gasteiger partial charge in [0, 0.05) is 30.4 Å². The average Bonchev–Trinajstić information content (AvgIpc) is 3.21. The Hall–Kier alpha value is -3.85. The van der Waals surface area contributed by atoms with E-state index in [1.807, 2.05) is 50.5 Å². The zero-order chi connectivity index (χ0) is 22.5. The summed E-state index contributed by atoms with van der Waals surface area (Å²) in [6, 6.07) is 11.1. The molecule has 0 saturated carbocycles. The molecule has 32 heavy (non-hydrogen) atoms. The maximum atomic E-state index is 13.9. The molecule has 1 atom stereocenters. The van der Waals surface area contributed by atoms with E-state index >= 15 is 0 Å². The Labute approximate surface area is 184 Å². The van der Waals surface area contributed by atoms with E-state index < -0.39 is 5.82 Å². The van der Waals surface area contributed by atoms with Gasteiger partial charge in [-0.3, -0.25) is 4.79 Å². The van der Waals surface area contributed by atoms with E-state index in [9.17, 15) is 9.18 Å². The van der Waals surface area contributed by atoms with Gasteiger partial charge in [0.05, 0.1) is 18.0 Å². The lowest BCUT2D eigenvalue weighted by Gasteiger charge is -2.17. The van der Waals surface area contributed by atoms with Gasteiger partial charge >= 0.3 is 0 Å². The van der Waals surface area contributed by atoms with E-state index in [0.717, 1.165) is 17.3 Å². The van der Waals surface area contributed by atoms with Crippen LogP contribution in [0.15, 0.2) is 55.0 Å². The monoisotopic (exact) mass is 434 g/mol. The predicted octanol–water partition coefficient (Wildman–Crippen LogP) is 3.34. The third-order valence-corrected chi connectivity index (χ3v) is 4.88. The van der Waals surface area contributed by atoms with Gasteiger partial charge in [-0.2, -0.15) is 5.10 Å². The summed E-state index contributed by atoms with van der Waals surface area (Å²) in [4.78, 5) is 20.1. The van der Waals surface area contributed by atoms with Crippen molar-refractivity contribution in [2.24, 2.45) is 0 Å². The summed E-state index contributed by atoms with van der Waals surface area (Å²) in [5.41, 5.74) is 3.07. The molecule has 9 heteroatoms. The van der Waals surface area contributed by atoms with Gasteiger partial charge in [0.1, 0.15) is 17.7 Å². The maximum Gasteiger partial charge on any atom is 0.218 e. The normalized spacial score (nSPS) is 12.0. The number of anilines is 1. The van der Waals surface area contributed by atoms with Crippen LogP contribution >= 0.6 is 0 Å². The summed E-state index contributed by atoms with van der Waals surface area (Å²) in [5, 5.41) is 10.5. The van der Waals surface area contributed by atoms with Crippen molar-refractivity contribution >= 4 is 17.8 Å². The van der Waals surface area contributed by atoms with Crippen LogP contribution in [-0.2, 0) is 6.54 Å². The van der Waals surface area contributed by atoms with E-state index in [2.05, 4.69) is 25.7 Å². The fourth-order valence-electron chi connectivity index (χ4n) is 3.38. The average molecular weight is 434 g/mol. The van der Waals surface area contributed by atoms with Crippen LogP contribution in [0.5, 0.6) is 5.88 Å². The molecule has 0 unspecified atom stereocenters. The zero-order valence-corrected chi connectivity index (χ0v) is 17.7. The van der Waals surface area contributed by atoms with Gasteiger partial charge in [0.15, 0.2) is 11.9 Å². The SMILES string of the molecule is CNC[C@H](C)Oc1ncc(F)cc1CNc1nc2c(C=O)cnn2cc1-c1ccccc1. The van der Waals surface area contributed by atoms with Crippen LogP contribution in [0.4, 0.5) is 10.2 Å². The molecule has 0 amide bonds. The van der Waals surface area contributed by atoms with Gasteiger partial charge < -0.3 is 15.4 Å². The highest BCUT2D eigenvalue weighted by molar-refractivity contribution is 5.86. The minimum atomic E-state index is -0.457. The lowest BCUT2D eigenvalue weighted by atomic mass is 10.1. The second-order valence-electron chi connectivity index (χ2n) is 7.31. The van der Waals surface area contributed by atoms with Crippen LogP contribution in [0.3, 0.4) is 0 Å².